The lowest BCUT2D eigenvalue weighted by Crippen LogP contribution is -2.42. The highest BCUT2D eigenvalue weighted by Gasteiger charge is 2.27. The molecule has 5 nitrogen and oxygen atoms in total. The molecule has 0 aliphatic rings. The Morgan fingerprint density at radius 2 is 1.80 bits per heavy atom. The zero-order valence-electron chi connectivity index (χ0n) is 12.3. The summed E-state index contributed by atoms with van der Waals surface area (Å²) in [5.41, 5.74) is 5.78. The maximum atomic E-state index is 12.0. The molecule has 0 spiro atoms. The third kappa shape index (κ3) is 4.05. The van der Waals surface area contributed by atoms with Crippen LogP contribution in [0, 0.1) is 5.41 Å². The number of nitrogens with one attached hydrogen (secondary N) is 1. The number of carbonyl (C=O) groups excluding carboxylic acids is 1. The second kappa shape index (κ2) is 5.93. The monoisotopic (exact) mass is 298 g/mol. The molecule has 0 saturated carbocycles. The Morgan fingerprint density at radius 3 is 2.20 bits per heavy atom. The number of sulfone groups is 1. The molecule has 1 aromatic rings. The molecule has 0 bridgehead atoms. The van der Waals surface area contributed by atoms with Gasteiger partial charge in [0.1, 0.15) is 0 Å². The van der Waals surface area contributed by atoms with Crippen LogP contribution in [0.15, 0.2) is 29.2 Å². The van der Waals surface area contributed by atoms with Crippen LogP contribution in [0.1, 0.15) is 32.4 Å². The highest BCUT2D eigenvalue weighted by Crippen LogP contribution is 2.19. The summed E-state index contributed by atoms with van der Waals surface area (Å²) in [5.74, 6) is -0.125. The second-order valence-electron chi connectivity index (χ2n) is 5.62. The standard InChI is InChI=1S/C14H22N2O3S/c1-10(16-13(17)14(2,3)9-15)11-5-7-12(8-6-11)20(4,18)19/h5-8,10H,9,15H2,1-4H3,(H,16,17). The summed E-state index contributed by atoms with van der Waals surface area (Å²) in [7, 11) is -3.20. The summed E-state index contributed by atoms with van der Waals surface area (Å²) >= 11 is 0. The Balaban J connectivity index is 2.84. The third-order valence-electron chi connectivity index (χ3n) is 3.28. The van der Waals surface area contributed by atoms with E-state index >= 15 is 0 Å². The molecule has 1 rings (SSSR count). The van der Waals surface area contributed by atoms with Gasteiger partial charge in [0.15, 0.2) is 9.84 Å². The molecular formula is C14H22N2O3S. The molecule has 0 saturated heterocycles. The molecular weight excluding hydrogens is 276 g/mol. The quantitative estimate of drug-likeness (QED) is 0.856. The van der Waals surface area contributed by atoms with E-state index in [0.29, 0.717) is 0 Å². The molecule has 0 aromatic heterocycles. The van der Waals surface area contributed by atoms with E-state index in [1.165, 1.54) is 0 Å². The molecule has 6 heteroatoms. The lowest BCUT2D eigenvalue weighted by molar-refractivity contribution is -0.129. The van der Waals surface area contributed by atoms with Crippen LogP contribution in [0.25, 0.3) is 0 Å². The number of nitrogens with two attached hydrogens (primary N) is 1. The highest BCUT2D eigenvalue weighted by atomic mass is 32.2. The van der Waals surface area contributed by atoms with Crippen molar-refractivity contribution in [3.63, 3.8) is 0 Å². The van der Waals surface area contributed by atoms with Crippen molar-refractivity contribution in [3.05, 3.63) is 29.8 Å². The van der Waals surface area contributed by atoms with Gasteiger partial charge >= 0.3 is 0 Å². The molecule has 20 heavy (non-hydrogen) atoms. The van der Waals surface area contributed by atoms with Crippen molar-refractivity contribution in [1.29, 1.82) is 0 Å². The van der Waals surface area contributed by atoms with Crippen molar-refractivity contribution in [3.8, 4) is 0 Å². The molecule has 1 aromatic carbocycles. The van der Waals surface area contributed by atoms with Gasteiger partial charge in [-0.25, -0.2) is 8.42 Å². The van der Waals surface area contributed by atoms with E-state index in [4.69, 9.17) is 5.73 Å². The highest BCUT2D eigenvalue weighted by molar-refractivity contribution is 7.90. The minimum absolute atomic E-state index is 0.125. The molecule has 3 N–H and O–H groups in total. The molecule has 1 atom stereocenters. The first kappa shape index (κ1) is 16.7. The average molecular weight is 298 g/mol. The van der Waals surface area contributed by atoms with Crippen molar-refractivity contribution < 1.29 is 13.2 Å². The minimum atomic E-state index is -3.20. The lowest BCUT2D eigenvalue weighted by atomic mass is 9.92. The molecule has 0 heterocycles. The average Bonchev–Trinajstić information content (AvgIpc) is 2.37. The van der Waals surface area contributed by atoms with Gasteiger partial charge in [-0.15, -0.1) is 0 Å². The molecule has 112 valence electrons. The topological polar surface area (TPSA) is 89.3 Å². The summed E-state index contributed by atoms with van der Waals surface area (Å²) in [6.45, 7) is 5.67. The molecule has 1 unspecified atom stereocenters. The summed E-state index contributed by atoms with van der Waals surface area (Å²) in [6.07, 6.45) is 1.16. The number of benzene rings is 1. The van der Waals surface area contributed by atoms with Gasteiger partial charge in [0.25, 0.3) is 0 Å². The summed E-state index contributed by atoms with van der Waals surface area (Å²) in [6, 6.07) is 6.29. The smallest absolute Gasteiger partial charge is 0.227 e. The molecule has 0 fully saturated rings. The van der Waals surface area contributed by atoms with Crippen LogP contribution in [0.4, 0.5) is 0 Å². The third-order valence-corrected chi connectivity index (χ3v) is 4.41. The first-order valence-corrected chi connectivity index (χ1v) is 8.28. The van der Waals surface area contributed by atoms with Crippen LogP contribution in [-0.4, -0.2) is 27.1 Å². The zero-order valence-corrected chi connectivity index (χ0v) is 13.1. The predicted molar refractivity (Wildman–Crippen MR) is 78.9 cm³/mol. The van der Waals surface area contributed by atoms with Gasteiger partial charge in [0, 0.05) is 12.8 Å². The summed E-state index contributed by atoms with van der Waals surface area (Å²) < 4.78 is 22.8. The van der Waals surface area contributed by atoms with E-state index in [1.54, 1.807) is 38.1 Å². The first-order chi connectivity index (χ1) is 9.08. The lowest BCUT2D eigenvalue weighted by Gasteiger charge is -2.24. The zero-order chi connectivity index (χ0) is 15.6. The number of amides is 1. The molecule has 1 amide bonds. The van der Waals surface area contributed by atoms with Gasteiger partial charge < -0.3 is 11.1 Å². The van der Waals surface area contributed by atoms with Crippen molar-refractivity contribution in [2.75, 3.05) is 12.8 Å². The van der Waals surface area contributed by atoms with E-state index < -0.39 is 15.3 Å². The molecule has 0 aliphatic carbocycles. The Bertz CT molecular complexity index is 577. The van der Waals surface area contributed by atoms with Crippen molar-refractivity contribution in [2.45, 2.75) is 31.7 Å². The fourth-order valence-corrected chi connectivity index (χ4v) is 2.20. The van der Waals surface area contributed by atoms with Gasteiger partial charge in [-0.1, -0.05) is 12.1 Å². The van der Waals surface area contributed by atoms with Gasteiger partial charge in [0.2, 0.25) is 5.91 Å². The van der Waals surface area contributed by atoms with Gasteiger partial charge in [-0.2, -0.15) is 0 Å². The van der Waals surface area contributed by atoms with Crippen molar-refractivity contribution in [2.24, 2.45) is 11.1 Å². The fraction of sp³-hybridized carbons (Fsp3) is 0.500. The largest absolute Gasteiger partial charge is 0.349 e. The van der Waals surface area contributed by atoms with Crippen LogP contribution in [0.2, 0.25) is 0 Å². The minimum Gasteiger partial charge on any atom is -0.349 e. The van der Waals surface area contributed by atoms with Gasteiger partial charge in [-0.05, 0) is 38.5 Å². The Morgan fingerprint density at radius 1 is 1.30 bits per heavy atom. The number of hydrogen-bond acceptors (Lipinski definition) is 4. The predicted octanol–water partition coefficient (Wildman–Crippen LogP) is 1.25. The van der Waals surface area contributed by atoms with Crippen molar-refractivity contribution in [1.82, 2.24) is 5.32 Å². The maximum absolute atomic E-state index is 12.0. The Kier molecular flexibility index (Phi) is 4.94. The number of hydrogen-bond donors (Lipinski definition) is 2. The van der Waals surface area contributed by atoms with E-state index in [0.717, 1.165) is 11.8 Å². The number of carbonyl (C=O) groups is 1. The number of rotatable bonds is 5. The first-order valence-electron chi connectivity index (χ1n) is 6.39. The van der Waals surface area contributed by atoms with Crippen LogP contribution < -0.4 is 11.1 Å². The SMILES string of the molecule is CC(NC(=O)C(C)(C)CN)c1ccc(S(C)(=O)=O)cc1. The van der Waals surface area contributed by atoms with E-state index in [9.17, 15) is 13.2 Å². The van der Waals surface area contributed by atoms with Crippen LogP contribution in [0.5, 0.6) is 0 Å². The van der Waals surface area contributed by atoms with Crippen LogP contribution in [-0.2, 0) is 14.6 Å². The van der Waals surface area contributed by atoms with Gasteiger partial charge in [0.05, 0.1) is 16.4 Å². The van der Waals surface area contributed by atoms with Crippen LogP contribution >= 0.6 is 0 Å². The van der Waals surface area contributed by atoms with E-state index in [-0.39, 0.29) is 23.4 Å². The fourth-order valence-electron chi connectivity index (χ4n) is 1.57. The Labute approximate surface area is 120 Å². The summed E-state index contributed by atoms with van der Waals surface area (Å²) in [5, 5.41) is 2.88. The molecule has 0 aliphatic heterocycles. The van der Waals surface area contributed by atoms with Crippen LogP contribution in [0.3, 0.4) is 0 Å². The van der Waals surface area contributed by atoms with E-state index in [1.807, 2.05) is 6.92 Å². The second-order valence-corrected chi connectivity index (χ2v) is 7.64. The van der Waals surface area contributed by atoms with Gasteiger partial charge in [-0.3, -0.25) is 4.79 Å². The molecule has 0 radical (unpaired) electrons. The maximum Gasteiger partial charge on any atom is 0.227 e. The summed E-state index contributed by atoms with van der Waals surface area (Å²) in [4.78, 5) is 12.3. The van der Waals surface area contributed by atoms with E-state index in [2.05, 4.69) is 5.32 Å². The van der Waals surface area contributed by atoms with Crippen molar-refractivity contribution >= 4 is 15.7 Å². The Hall–Kier alpha value is -1.40. The normalized spacial score (nSPS) is 13.8.